The second-order valence-corrected chi connectivity index (χ2v) is 7.83. The standard InChI is InChI=1S/C17H21OPS/c1-18-20-15-9-8-14-19(16-10-4-2-5-11-16)17-12-6-3-7-13-17/h2-7,10-13H,8-9,14-15H2,1H3. The van der Waals surface area contributed by atoms with Gasteiger partial charge in [0.2, 0.25) is 0 Å². The Balaban J connectivity index is 2.02. The van der Waals surface area contributed by atoms with Crippen molar-refractivity contribution in [2.75, 3.05) is 19.0 Å². The highest BCUT2D eigenvalue weighted by atomic mass is 32.2. The van der Waals surface area contributed by atoms with Gasteiger partial charge >= 0.3 is 0 Å². The van der Waals surface area contributed by atoms with E-state index < -0.39 is 0 Å². The number of hydrogen-bond donors (Lipinski definition) is 0. The van der Waals surface area contributed by atoms with Crippen LogP contribution in [0.1, 0.15) is 12.8 Å². The fraction of sp³-hybridized carbons (Fsp3) is 0.294. The maximum atomic E-state index is 5.04. The second kappa shape index (κ2) is 9.18. The van der Waals surface area contributed by atoms with Gasteiger partial charge in [-0.05, 0) is 49.6 Å². The van der Waals surface area contributed by atoms with E-state index in [-0.39, 0.29) is 7.92 Å². The predicted octanol–water partition coefficient (Wildman–Crippen LogP) is 4.19. The van der Waals surface area contributed by atoms with Crippen LogP contribution in [-0.2, 0) is 4.18 Å². The summed E-state index contributed by atoms with van der Waals surface area (Å²) in [5, 5.41) is 2.96. The van der Waals surface area contributed by atoms with Crippen LogP contribution >= 0.6 is 20.0 Å². The van der Waals surface area contributed by atoms with Crippen molar-refractivity contribution in [3.63, 3.8) is 0 Å². The first-order chi connectivity index (χ1) is 9.92. The molecule has 0 amide bonds. The van der Waals surface area contributed by atoms with Crippen LogP contribution in [0.15, 0.2) is 60.7 Å². The molecule has 0 N–H and O–H groups in total. The lowest BCUT2D eigenvalue weighted by molar-refractivity contribution is 0.489. The fourth-order valence-electron chi connectivity index (χ4n) is 2.14. The molecule has 1 nitrogen and oxygen atoms in total. The molecule has 0 saturated heterocycles. The molecule has 2 rings (SSSR count). The van der Waals surface area contributed by atoms with Gasteiger partial charge in [0.15, 0.2) is 0 Å². The third-order valence-corrected chi connectivity index (χ3v) is 6.41. The number of benzene rings is 2. The van der Waals surface area contributed by atoms with Crippen molar-refractivity contribution in [3.8, 4) is 0 Å². The van der Waals surface area contributed by atoms with Crippen molar-refractivity contribution >= 4 is 30.6 Å². The molecule has 0 atom stereocenters. The molecule has 0 radical (unpaired) electrons. The van der Waals surface area contributed by atoms with Crippen LogP contribution in [0.5, 0.6) is 0 Å². The maximum Gasteiger partial charge on any atom is 0.0503 e. The fourth-order valence-corrected chi connectivity index (χ4v) is 5.04. The molecule has 3 heteroatoms. The average Bonchev–Trinajstić information content (AvgIpc) is 2.53. The van der Waals surface area contributed by atoms with E-state index in [0.717, 1.165) is 5.75 Å². The minimum Gasteiger partial charge on any atom is -0.319 e. The average molecular weight is 304 g/mol. The molecule has 0 bridgehead atoms. The molecule has 0 unspecified atom stereocenters. The van der Waals surface area contributed by atoms with Crippen molar-refractivity contribution in [1.82, 2.24) is 0 Å². The summed E-state index contributed by atoms with van der Waals surface area (Å²) >= 11 is 1.56. The van der Waals surface area contributed by atoms with Gasteiger partial charge in [0, 0.05) is 5.75 Å². The first-order valence-electron chi connectivity index (χ1n) is 6.95. The number of unbranched alkanes of at least 4 members (excludes halogenated alkanes) is 1. The lowest BCUT2D eigenvalue weighted by Gasteiger charge is -2.18. The van der Waals surface area contributed by atoms with E-state index in [2.05, 4.69) is 60.7 Å². The Morgan fingerprint density at radius 2 is 1.40 bits per heavy atom. The first kappa shape index (κ1) is 15.6. The Bertz CT molecular complexity index is 435. The van der Waals surface area contributed by atoms with Crippen LogP contribution in [0.25, 0.3) is 0 Å². The van der Waals surface area contributed by atoms with Crippen LogP contribution in [0.4, 0.5) is 0 Å². The number of rotatable bonds is 8. The summed E-state index contributed by atoms with van der Waals surface area (Å²) in [6.07, 6.45) is 3.73. The molecular formula is C17H21OPS. The van der Waals surface area contributed by atoms with E-state index in [9.17, 15) is 0 Å². The minimum atomic E-state index is -0.222. The van der Waals surface area contributed by atoms with E-state index in [0.29, 0.717) is 0 Å². The highest BCUT2D eigenvalue weighted by Crippen LogP contribution is 2.34. The van der Waals surface area contributed by atoms with E-state index in [1.165, 1.54) is 29.6 Å². The summed E-state index contributed by atoms with van der Waals surface area (Å²) < 4.78 is 5.04. The SMILES string of the molecule is COSCCCCP(c1ccccc1)c1ccccc1. The van der Waals surface area contributed by atoms with Gasteiger partial charge in [0.25, 0.3) is 0 Å². The maximum absolute atomic E-state index is 5.04. The quantitative estimate of drug-likeness (QED) is 0.411. The van der Waals surface area contributed by atoms with Gasteiger partial charge in [-0.2, -0.15) is 0 Å². The van der Waals surface area contributed by atoms with Gasteiger partial charge < -0.3 is 4.18 Å². The highest BCUT2D eigenvalue weighted by Gasteiger charge is 2.12. The Labute approximate surface area is 127 Å². The third kappa shape index (κ3) is 4.94. The molecule has 106 valence electrons. The zero-order valence-electron chi connectivity index (χ0n) is 11.9. The van der Waals surface area contributed by atoms with Crippen molar-refractivity contribution in [2.24, 2.45) is 0 Å². The predicted molar refractivity (Wildman–Crippen MR) is 92.6 cm³/mol. The van der Waals surface area contributed by atoms with Gasteiger partial charge in [-0.3, -0.25) is 0 Å². The highest BCUT2D eigenvalue weighted by molar-refractivity contribution is 7.94. The Kier molecular flexibility index (Phi) is 7.14. The molecule has 2 aromatic carbocycles. The molecule has 0 heterocycles. The van der Waals surface area contributed by atoms with Crippen molar-refractivity contribution in [3.05, 3.63) is 60.7 Å². The number of hydrogen-bond acceptors (Lipinski definition) is 2. The molecule has 0 spiro atoms. The van der Waals surface area contributed by atoms with Gasteiger partial charge in [-0.25, -0.2) is 0 Å². The normalized spacial score (nSPS) is 10.9. The van der Waals surface area contributed by atoms with Gasteiger partial charge in [0.1, 0.15) is 0 Å². The van der Waals surface area contributed by atoms with Crippen LogP contribution < -0.4 is 10.6 Å². The van der Waals surface area contributed by atoms with Crippen molar-refractivity contribution in [2.45, 2.75) is 12.8 Å². The zero-order valence-corrected chi connectivity index (χ0v) is 13.6. The minimum absolute atomic E-state index is 0.222. The van der Waals surface area contributed by atoms with E-state index in [1.54, 1.807) is 19.2 Å². The second-order valence-electron chi connectivity index (χ2n) is 4.52. The molecule has 20 heavy (non-hydrogen) atoms. The molecule has 2 aromatic rings. The van der Waals surface area contributed by atoms with Crippen LogP contribution in [0, 0.1) is 0 Å². The monoisotopic (exact) mass is 304 g/mol. The van der Waals surface area contributed by atoms with Crippen LogP contribution in [0.3, 0.4) is 0 Å². The largest absolute Gasteiger partial charge is 0.319 e. The smallest absolute Gasteiger partial charge is 0.0503 e. The van der Waals surface area contributed by atoms with E-state index in [1.807, 2.05) is 0 Å². The summed E-state index contributed by atoms with van der Waals surface area (Å²) in [5.74, 6) is 1.09. The molecule has 0 aromatic heterocycles. The van der Waals surface area contributed by atoms with Crippen LogP contribution in [0.2, 0.25) is 0 Å². The summed E-state index contributed by atoms with van der Waals surface area (Å²) in [6, 6.07) is 21.8. The van der Waals surface area contributed by atoms with Gasteiger partial charge in [0.05, 0.1) is 7.11 Å². The molecular weight excluding hydrogens is 283 g/mol. The summed E-state index contributed by atoms with van der Waals surface area (Å²) in [5.41, 5.74) is 0. The Hall–Kier alpha value is -0.820. The Morgan fingerprint density at radius 3 is 1.90 bits per heavy atom. The topological polar surface area (TPSA) is 9.23 Å². The summed E-state index contributed by atoms with van der Waals surface area (Å²) in [6.45, 7) is 0. The molecule has 0 saturated carbocycles. The van der Waals surface area contributed by atoms with Gasteiger partial charge in [-0.15, -0.1) is 0 Å². The Morgan fingerprint density at radius 1 is 0.850 bits per heavy atom. The molecule has 0 aliphatic carbocycles. The van der Waals surface area contributed by atoms with Crippen molar-refractivity contribution in [1.29, 1.82) is 0 Å². The molecule has 0 aliphatic rings. The van der Waals surface area contributed by atoms with E-state index >= 15 is 0 Å². The zero-order chi connectivity index (χ0) is 14.0. The molecule has 0 aliphatic heterocycles. The van der Waals surface area contributed by atoms with Crippen molar-refractivity contribution < 1.29 is 4.18 Å². The van der Waals surface area contributed by atoms with E-state index in [4.69, 9.17) is 4.18 Å². The summed E-state index contributed by atoms with van der Waals surface area (Å²) in [7, 11) is 1.52. The van der Waals surface area contributed by atoms with Crippen LogP contribution in [-0.4, -0.2) is 19.0 Å². The molecule has 0 fully saturated rings. The first-order valence-corrected chi connectivity index (χ1v) is 9.39. The summed E-state index contributed by atoms with van der Waals surface area (Å²) in [4.78, 5) is 0. The lowest BCUT2D eigenvalue weighted by atomic mass is 10.4. The third-order valence-electron chi connectivity index (χ3n) is 3.11. The van der Waals surface area contributed by atoms with Gasteiger partial charge in [-0.1, -0.05) is 60.7 Å². The lowest BCUT2D eigenvalue weighted by Crippen LogP contribution is -2.13.